The Kier molecular flexibility index (Phi) is 8.14. The maximum atomic E-state index is 10.6. The number of rotatable bonds is 9. The molecule has 4 nitrogen and oxygen atoms in total. The molecule has 1 fully saturated rings. The molecule has 0 aliphatic heterocycles. The molecule has 168 valence electrons. The zero-order valence-electron chi connectivity index (χ0n) is 19.2. The fourth-order valence-electron chi connectivity index (χ4n) is 4.45. The van der Waals surface area contributed by atoms with E-state index in [2.05, 4.69) is 74.6 Å². The van der Waals surface area contributed by atoms with Gasteiger partial charge in [0.1, 0.15) is 5.75 Å². The second-order valence-electron chi connectivity index (χ2n) is 9.86. The summed E-state index contributed by atoms with van der Waals surface area (Å²) in [6, 6.07) is 16.9. The van der Waals surface area contributed by atoms with Crippen LogP contribution in [-0.2, 0) is 11.3 Å². The highest BCUT2D eigenvalue weighted by molar-refractivity contribution is 5.66. The number of hydrogen-bond acceptors (Lipinski definition) is 3. The van der Waals surface area contributed by atoms with E-state index >= 15 is 0 Å². The van der Waals surface area contributed by atoms with Crippen LogP contribution in [0, 0.1) is 11.3 Å². The molecule has 0 aromatic heterocycles. The van der Waals surface area contributed by atoms with E-state index in [9.17, 15) is 4.79 Å². The second-order valence-corrected chi connectivity index (χ2v) is 9.86. The van der Waals surface area contributed by atoms with E-state index in [0.29, 0.717) is 24.5 Å². The normalized spacial score (nSPS) is 19.2. The number of hydrogen-bond donors (Lipinski definition) is 2. The Labute approximate surface area is 187 Å². The Morgan fingerprint density at radius 2 is 1.71 bits per heavy atom. The van der Waals surface area contributed by atoms with Crippen LogP contribution in [0.2, 0.25) is 0 Å². The number of carbonyl (C=O) groups is 1. The van der Waals surface area contributed by atoms with Gasteiger partial charge in [-0.2, -0.15) is 0 Å². The van der Waals surface area contributed by atoms with E-state index in [1.807, 2.05) is 0 Å². The van der Waals surface area contributed by atoms with E-state index in [-0.39, 0.29) is 6.42 Å². The van der Waals surface area contributed by atoms with Crippen LogP contribution in [0.4, 0.5) is 0 Å². The lowest BCUT2D eigenvalue weighted by molar-refractivity contribution is -0.137. The average molecular weight is 424 g/mol. The molecule has 2 aromatic carbocycles. The molecule has 4 heteroatoms. The maximum Gasteiger partial charge on any atom is 0.303 e. The van der Waals surface area contributed by atoms with Gasteiger partial charge in [-0.15, -0.1) is 0 Å². The number of ether oxygens (including phenoxy) is 1. The zero-order chi connectivity index (χ0) is 22.3. The zero-order valence-corrected chi connectivity index (χ0v) is 19.2. The van der Waals surface area contributed by atoms with Crippen LogP contribution < -0.4 is 10.1 Å². The molecular weight excluding hydrogens is 386 g/mol. The Balaban J connectivity index is 1.56. The van der Waals surface area contributed by atoms with Gasteiger partial charge in [-0.3, -0.25) is 4.79 Å². The lowest BCUT2D eigenvalue weighted by Gasteiger charge is -2.37. The van der Waals surface area contributed by atoms with Gasteiger partial charge in [0, 0.05) is 13.0 Å². The molecule has 0 radical (unpaired) electrons. The number of carboxylic acid groups (broad SMARTS) is 1. The molecule has 1 aliphatic rings. The Morgan fingerprint density at radius 3 is 2.39 bits per heavy atom. The van der Waals surface area contributed by atoms with Crippen molar-refractivity contribution in [1.29, 1.82) is 0 Å². The molecule has 0 bridgehead atoms. The van der Waals surface area contributed by atoms with E-state index in [1.165, 1.54) is 24.0 Å². The summed E-state index contributed by atoms with van der Waals surface area (Å²) in [5.41, 5.74) is 3.92. The molecule has 3 rings (SSSR count). The standard InChI is InChI=1S/C27H37NO3/c1-27(2,3)23-12-14-24(15-13-23)31-25-10-5-9-22(18-25)21-8-4-7-20(17-21)19-28-16-6-11-26(29)30/h4-5,7-10,17-18,23-24,28H,6,11-16,19H2,1-3H3,(H,29,30). The summed E-state index contributed by atoms with van der Waals surface area (Å²) < 4.78 is 6.36. The van der Waals surface area contributed by atoms with Gasteiger partial charge in [-0.1, -0.05) is 51.1 Å². The summed E-state index contributed by atoms with van der Waals surface area (Å²) in [4.78, 5) is 10.6. The number of carboxylic acids is 1. The first-order valence-electron chi connectivity index (χ1n) is 11.6. The largest absolute Gasteiger partial charge is 0.490 e. The average Bonchev–Trinajstić information content (AvgIpc) is 2.73. The van der Waals surface area contributed by atoms with E-state index in [0.717, 1.165) is 36.6 Å². The minimum Gasteiger partial charge on any atom is -0.490 e. The third-order valence-corrected chi connectivity index (χ3v) is 6.37. The van der Waals surface area contributed by atoms with E-state index in [4.69, 9.17) is 9.84 Å². The van der Waals surface area contributed by atoms with Crippen LogP contribution in [0.15, 0.2) is 48.5 Å². The van der Waals surface area contributed by atoms with Gasteiger partial charge >= 0.3 is 5.97 Å². The van der Waals surface area contributed by atoms with Crippen LogP contribution >= 0.6 is 0 Å². The summed E-state index contributed by atoms with van der Waals surface area (Å²) in [7, 11) is 0. The SMILES string of the molecule is CC(C)(C)C1CCC(Oc2cccc(-c3cccc(CNCCCC(=O)O)c3)c2)CC1. The van der Waals surface area contributed by atoms with Gasteiger partial charge < -0.3 is 15.2 Å². The van der Waals surface area contributed by atoms with Gasteiger partial charge in [-0.25, -0.2) is 0 Å². The van der Waals surface area contributed by atoms with Crippen molar-refractivity contribution in [1.82, 2.24) is 5.32 Å². The molecule has 2 N–H and O–H groups in total. The predicted molar refractivity (Wildman–Crippen MR) is 126 cm³/mol. The number of benzene rings is 2. The van der Waals surface area contributed by atoms with Crippen molar-refractivity contribution in [3.8, 4) is 16.9 Å². The monoisotopic (exact) mass is 423 g/mol. The highest BCUT2D eigenvalue weighted by Gasteiger charge is 2.30. The fraction of sp³-hybridized carbons (Fsp3) is 0.519. The summed E-state index contributed by atoms with van der Waals surface area (Å²) in [5.74, 6) is 1.00. The summed E-state index contributed by atoms with van der Waals surface area (Å²) in [6.45, 7) is 8.49. The van der Waals surface area contributed by atoms with Crippen LogP contribution in [-0.4, -0.2) is 23.7 Å². The number of nitrogens with one attached hydrogen (secondary N) is 1. The Morgan fingerprint density at radius 1 is 1.03 bits per heavy atom. The molecule has 0 atom stereocenters. The summed E-state index contributed by atoms with van der Waals surface area (Å²) in [6.07, 6.45) is 5.92. The van der Waals surface area contributed by atoms with Gasteiger partial charge in [0.05, 0.1) is 6.10 Å². The van der Waals surface area contributed by atoms with Crippen molar-refractivity contribution in [3.05, 3.63) is 54.1 Å². The third-order valence-electron chi connectivity index (χ3n) is 6.37. The minimum atomic E-state index is -0.742. The summed E-state index contributed by atoms with van der Waals surface area (Å²) >= 11 is 0. The van der Waals surface area contributed by atoms with Gasteiger partial charge in [-0.05, 0) is 84.9 Å². The predicted octanol–water partition coefficient (Wildman–Crippen LogP) is 6.29. The topological polar surface area (TPSA) is 58.6 Å². The van der Waals surface area contributed by atoms with Crippen molar-refractivity contribution in [2.75, 3.05) is 6.54 Å². The highest BCUT2D eigenvalue weighted by atomic mass is 16.5. The Hall–Kier alpha value is -2.33. The van der Waals surface area contributed by atoms with Gasteiger partial charge in [0.15, 0.2) is 0 Å². The molecule has 1 aliphatic carbocycles. The molecule has 2 aromatic rings. The van der Waals surface area contributed by atoms with Crippen molar-refractivity contribution >= 4 is 5.97 Å². The first kappa shape index (κ1) is 23.3. The van der Waals surface area contributed by atoms with Gasteiger partial charge in [0.2, 0.25) is 0 Å². The quantitative estimate of drug-likeness (QED) is 0.465. The minimum absolute atomic E-state index is 0.206. The van der Waals surface area contributed by atoms with Crippen LogP contribution in [0.25, 0.3) is 11.1 Å². The fourth-order valence-corrected chi connectivity index (χ4v) is 4.45. The first-order valence-corrected chi connectivity index (χ1v) is 11.6. The van der Waals surface area contributed by atoms with Crippen LogP contribution in [0.1, 0.15) is 64.9 Å². The molecular formula is C27H37NO3. The summed E-state index contributed by atoms with van der Waals surface area (Å²) in [5, 5.41) is 12.1. The Bertz CT molecular complexity index is 848. The lowest BCUT2D eigenvalue weighted by Crippen LogP contribution is -2.30. The van der Waals surface area contributed by atoms with E-state index < -0.39 is 5.97 Å². The smallest absolute Gasteiger partial charge is 0.303 e. The lowest BCUT2D eigenvalue weighted by atomic mass is 9.72. The third kappa shape index (κ3) is 7.39. The maximum absolute atomic E-state index is 10.6. The molecule has 1 saturated carbocycles. The van der Waals surface area contributed by atoms with Crippen molar-refractivity contribution in [2.45, 2.75) is 71.9 Å². The molecule has 0 amide bonds. The van der Waals surface area contributed by atoms with Crippen LogP contribution in [0.5, 0.6) is 5.75 Å². The van der Waals surface area contributed by atoms with Crippen molar-refractivity contribution in [3.63, 3.8) is 0 Å². The second kappa shape index (κ2) is 10.8. The molecule has 0 heterocycles. The number of aliphatic carboxylic acids is 1. The molecule has 31 heavy (non-hydrogen) atoms. The van der Waals surface area contributed by atoms with Crippen molar-refractivity contribution in [2.24, 2.45) is 11.3 Å². The first-order chi connectivity index (χ1) is 14.8. The highest BCUT2D eigenvalue weighted by Crippen LogP contribution is 2.39. The molecule has 0 unspecified atom stereocenters. The van der Waals surface area contributed by atoms with Crippen molar-refractivity contribution < 1.29 is 14.6 Å². The van der Waals surface area contributed by atoms with E-state index in [1.54, 1.807) is 0 Å². The van der Waals surface area contributed by atoms with Gasteiger partial charge in [0.25, 0.3) is 0 Å². The molecule has 0 saturated heterocycles. The van der Waals surface area contributed by atoms with Crippen LogP contribution in [0.3, 0.4) is 0 Å². The molecule has 0 spiro atoms.